The van der Waals surface area contributed by atoms with Gasteiger partial charge in [-0.2, -0.15) is 0 Å². The fraction of sp³-hybridized carbons (Fsp3) is 0.294. The summed E-state index contributed by atoms with van der Waals surface area (Å²) in [6, 6.07) is 10.1. The first kappa shape index (κ1) is 14.8. The maximum absolute atomic E-state index is 5.67. The first-order chi connectivity index (χ1) is 10.8. The number of ether oxygens (including phenoxy) is 1. The molecule has 0 fully saturated rings. The molecule has 5 heteroatoms. The van der Waals surface area contributed by atoms with E-state index in [4.69, 9.17) is 4.74 Å². The summed E-state index contributed by atoms with van der Waals surface area (Å²) in [7, 11) is 0. The zero-order valence-electron chi connectivity index (χ0n) is 12.8. The van der Waals surface area contributed by atoms with E-state index in [1.807, 2.05) is 24.3 Å². The molecule has 3 rings (SSSR count). The lowest BCUT2D eigenvalue weighted by molar-refractivity contribution is 0.309. The van der Waals surface area contributed by atoms with E-state index in [0.717, 1.165) is 46.9 Å². The molecular formula is C17H19N3OS. The quantitative estimate of drug-likeness (QED) is 0.656. The van der Waals surface area contributed by atoms with Crippen LogP contribution in [0.25, 0.3) is 10.2 Å². The summed E-state index contributed by atoms with van der Waals surface area (Å²) in [5, 5.41) is 4.42. The fourth-order valence-electron chi connectivity index (χ4n) is 2.18. The van der Waals surface area contributed by atoms with Crippen LogP contribution >= 0.6 is 11.3 Å². The van der Waals surface area contributed by atoms with Gasteiger partial charge in [-0.1, -0.05) is 13.3 Å². The highest BCUT2D eigenvalue weighted by Gasteiger charge is 2.07. The normalized spacial score (nSPS) is 10.8. The van der Waals surface area contributed by atoms with Crippen LogP contribution in [0.15, 0.2) is 36.7 Å². The van der Waals surface area contributed by atoms with Gasteiger partial charge in [0.1, 0.15) is 22.7 Å². The van der Waals surface area contributed by atoms with E-state index in [2.05, 4.69) is 35.2 Å². The number of thiophene rings is 1. The third kappa shape index (κ3) is 3.36. The van der Waals surface area contributed by atoms with Crippen molar-refractivity contribution in [1.29, 1.82) is 0 Å². The Morgan fingerprint density at radius 2 is 2.00 bits per heavy atom. The minimum Gasteiger partial charge on any atom is -0.494 e. The molecule has 0 aliphatic carbocycles. The Labute approximate surface area is 134 Å². The fourth-order valence-corrected chi connectivity index (χ4v) is 3.03. The highest BCUT2D eigenvalue weighted by atomic mass is 32.1. The van der Waals surface area contributed by atoms with Crippen LogP contribution in [0, 0.1) is 6.92 Å². The number of hydrogen-bond acceptors (Lipinski definition) is 5. The van der Waals surface area contributed by atoms with E-state index in [-0.39, 0.29) is 0 Å². The maximum atomic E-state index is 5.67. The summed E-state index contributed by atoms with van der Waals surface area (Å²) in [5.74, 6) is 1.74. The van der Waals surface area contributed by atoms with Gasteiger partial charge in [0.25, 0.3) is 0 Å². The molecule has 0 saturated heterocycles. The molecule has 0 aliphatic heterocycles. The highest BCUT2D eigenvalue weighted by Crippen LogP contribution is 2.29. The summed E-state index contributed by atoms with van der Waals surface area (Å²) in [6.07, 6.45) is 3.82. The van der Waals surface area contributed by atoms with Crippen molar-refractivity contribution < 1.29 is 4.74 Å². The standard InChI is InChI=1S/C17H19N3OS/c1-3-4-9-21-14-7-5-13(6-8-14)20-16-15-10-12(2)22-17(15)19-11-18-16/h5-8,10-11H,3-4,9H2,1-2H3,(H,18,19,20). The molecule has 0 amide bonds. The minimum atomic E-state index is 0.768. The predicted molar refractivity (Wildman–Crippen MR) is 92.3 cm³/mol. The van der Waals surface area contributed by atoms with Crippen molar-refractivity contribution >= 4 is 33.1 Å². The van der Waals surface area contributed by atoms with Crippen LogP contribution in [0.5, 0.6) is 5.75 Å². The first-order valence-corrected chi connectivity index (χ1v) is 8.29. The van der Waals surface area contributed by atoms with Crippen LogP contribution in [0.1, 0.15) is 24.6 Å². The Kier molecular flexibility index (Phi) is 4.53. The minimum absolute atomic E-state index is 0.768. The molecule has 2 aromatic heterocycles. The Hall–Kier alpha value is -2.14. The summed E-state index contributed by atoms with van der Waals surface area (Å²) in [4.78, 5) is 10.9. The average Bonchev–Trinajstić information content (AvgIpc) is 2.91. The van der Waals surface area contributed by atoms with Crippen LogP contribution in [0.4, 0.5) is 11.5 Å². The molecule has 114 valence electrons. The molecule has 2 heterocycles. The summed E-state index contributed by atoms with van der Waals surface area (Å²) in [6.45, 7) is 5.01. The van der Waals surface area contributed by atoms with Crippen LogP contribution in [-0.2, 0) is 0 Å². The smallest absolute Gasteiger partial charge is 0.142 e. The van der Waals surface area contributed by atoms with Gasteiger partial charge in [-0.05, 0) is 43.7 Å². The SMILES string of the molecule is CCCCOc1ccc(Nc2ncnc3sc(C)cc23)cc1. The monoisotopic (exact) mass is 313 g/mol. The molecule has 4 nitrogen and oxygen atoms in total. The van der Waals surface area contributed by atoms with Gasteiger partial charge in [0.2, 0.25) is 0 Å². The van der Waals surface area contributed by atoms with Crippen molar-refractivity contribution in [2.24, 2.45) is 0 Å². The Morgan fingerprint density at radius 3 is 2.77 bits per heavy atom. The first-order valence-electron chi connectivity index (χ1n) is 7.47. The van der Waals surface area contributed by atoms with Crippen molar-refractivity contribution in [2.45, 2.75) is 26.7 Å². The number of unbranched alkanes of at least 4 members (excludes halogenated alkanes) is 1. The number of fused-ring (bicyclic) bond motifs is 1. The van der Waals surface area contributed by atoms with Crippen molar-refractivity contribution in [3.63, 3.8) is 0 Å². The van der Waals surface area contributed by atoms with Crippen molar-refractivity contribution in [1.82, 2.24) is 9.97 Å². The van der Waals surface area contributed by atoms with Gasteiger partial charge in [-0.3, -0.25) is 0 Å². The van der Waals surface area contributed by atoms with Crippen molar-refractivity contribution in [3.8, 4) is 5.75 Å². The molecule has 0 bridgehead atoms. The molecule has 0 radical (unpaired) electrons. The van der Waals surface area contributed by atoms with Crippen LogP contribution in [0.2, 0.25) is 0 Å². The third-order valence-corrected chi connectivity index (χ3v) is 4.29. The number of nitrogens with zero attached hydrogens (tertiary/aromatic N) is 2. The lowest BCUT2D eigenvalue weighted by Gasteiger charge is -2.08. The molecule has 0 spiro atoms. The molecular weight excluding hydrogens is 294 g/mol. The Bertz CT molecular complexity index is 752. The number of benzene rings is 1. The molecule has 1 N–H and O–H groups in total. The third-order valence-electron chi connectivity index (χ3n) is 3.34. The Morgan fingerprint density at radius 1 is 1.18 bits per heavy atom. The van der Waals surface area contributed by atoms with E-state index < -0.39 is 0 Å². The zero-order chi connectivity index (χ0) is 15.4. The lowest BCUT2D eigenvalue weighted by atomic mass is 10.3. The van der Waals surface area contributed by atoms with Crippen LogP contribution < -0.4 is 10.1 Å². The van der Waals surface area contributed by atoms with E-state index >= 15 is 0 Å². The largest absolute Gasteiger partial charge is 0.494 e. The molecule has 0 unspecified atom stereocenters. The molecule has 0 saturated carbocycles. The zero-order valence-corrected chi connectivity index (χ0v) is 13.6. The van der Waals surface area contributed by atoms with Gasteiger partial charge in [0.05, 0.1) is 12.0 Å². The molecule has 3 aromatic rings. The number of rotatable bonds is 6. The average molecular weight is 313 g/mol. The van der Waals surface area contributed by atoms with Crippen molar-refractivity contribution in [3.05, 3.63) is 41.5 Å². The van der Waals surface area contributed by atoms with E-state index in [0.29, 0.717) is 0 Å². The van der Waals surface area contributed by atoms with E-state index in [1.165, 1.54) is 4.88 Å². The van der Waals surface area contributed by atoms with Crippen LogP contribution in [-0.4, -0.2) is 16.6 Å². The Balaban J connectivity index is 1.74. The molecule has 0 atom stereocenters. The lowest BCUT2D eigenvalue weighted by Crippen LogP contribution is -1.97. The second-order valence-corrected chi connectivity index (χ2v) is 6.38. The number of aromatic nitrogens is 2. The van der Waals surface area contributed by atoms with Gasteiger partial charge in [-0.15, -0.1) is 11.3 Å². The number of nitrogens with one attached hydrogen (secondary N) is 1. The van der Waals surface area contributed by atoms with Gasteiger partial charge in [0.15, 0.2) is 0 Å². The van der Waals surface area contributed by atoms with Gasteiger partial charge in [-0.25, -0.2) is 9.97 Å². The van der Waals surface area contributed by atoms with E-state index in [9.17, 15) is 0 Å². The highest BCUT2D eigenvalue weighted by molar-refractivity contribution is 7.18. The summed E-state index contributed by atoms with van der Waals surface area (Å²) >= 11 is 1.68. The topological polar surface area (TPSA) is 47.0 Å². The van der Waals surface area contributed by atoms with Crippen molar-refractivity contribution in [2.75, 3.05) is 11.9 Å². The van der Waals surface area contributed by atoms with Gasteiger partial charge in [0, 0.05) is 10.6 Å². The second kappa shape index (κ2) is 6.75. The molecule has 22 heavy (non-hydrogen) atoms. The second-order valence-electron chi connectivity index (χ2n) is 5.15. The predicted octanol–water partition coefficient (Wildman–Crippen LogP) is 4.92. The molecule has 0 aliphatic rings. The van der Waals surface area contributed by atoms with Gasteiger partial charge >= 0.3 is 0 Å². The number of hydrogen-bond donors (Lipinski definition) is 1. The summed E-state index contributed by atoms with van der Waals surface area (Å²) < 4.78 is 5.67. The molecule has 1 aromatic carbocycles. The van der Waals surface area contributed by atoms with Crippen LogP contribution in [0.3, 0.4) is 0 Å². The number of anilines is 2. The van der Waals surface area contributed by atoms with E-state index in [1.54, 1.807) is 17.7 Å². The summed E-state index contributed by atoms with van der Waals surface area (Å²) in [5.41, 5.74) is 0.992. The number of aryl methyl sites for hydroxylation is 1. The maximum Gasteiger partial charge on any atom is 0.142 e. The van der Waals surface area contributed by atoms with Gasteiger partial charge < -0.3 is 10.1 Å².